The predicted molar refractivity (Wildman–Crippen MR) is 63.8 cm³/mol. The molecule has 0 spiro atoms. The number of allylic oxidation sites excluding steroid dienone is 1. The third-order valence-electron chi connectivity index (χ3n) is 2.22. The monoisotopic (exact) mass is 221 g/mol. The summed E-state index contributed by atoms with van der Waals surface area (Å²) in [5.41, 5.74) is 1.06. The third kappa shape index (κ3) is 5.53. The molecule has 0 saturated heterocycles. The molecule has 1 atom stereocenters. The summed E-state index contributed by atoms with van der Waals surface area (Å²) in [5.74, 6) is 0. The van der Waals surface area contributed by atoms with Crippen LogP contribution >= 0.6 is 0 Å². The van der Waals surface area contributed by atoms with Gasteiger partial charge < -0.3 is 5.11 Å². The van der Waals surface area contributed by atoms with Gasteiger partial charge in [0.1, 0.15) is 0 Å². The van der Waals surface area contributed by atoms with Crippen LogP contribution < -0.4 is 0 Å². The van der Waals surface area contributed by atoms with Gasteiger partial charge in [-0.25, -0.2) is 0 Å². The first kappa shape index (κ1) is 12.7. The quantitative estimate of drug-likeness (QED) is 0.725. The molecule has 1 aromatic carbocycles. The number of nitrogens with zero attached hydrogens (tertiary/aromatic N) is 1. The molecule has 0 saturated carbocycles. The van der Waals surface area contributed by atoms with Crippen LogP contribution in [0.3, 0.4) is 0 Å². The maximum Gasteiger partial charge on any atom is 0.0696 e. The van der Waals surface area contributed by atoms with E-state index in [9.17, 15) is 5.21 Å². The Morgan fingerprint density at radius 3 is 2.62 bits per heavy atom. The van der Waals surface area contributed by atoms with Gasteiger partial charge in [0.05, 0.1) is 12.6 Å². The first-order valence-electron chi connectivity index (χ1n) is 5.52. The van der Waals surface area contributed by atoms with Crippen LogP contribution in [0.2, 0.25) is 0 Å². The van der Waals surface area contributed by atoms with E-state index in [1.165, 1.54) is 0 Å². The summed E-state index contributed by atoms with van der Waals surface area (Å²) in [4.78, 5) is 0. The average Bonchev–Trinajstić information content (AvgIpc) is 2.25. The summed E-state index contributed by atoms with van der Waals surface area (Å²) >= 11 is 0. The van der Waals surface area contributed by atoms with Crippen molar-refractivity contribution in [1.82, 2.24) is 5.06 Å². The Morgan fingerprint density at radius 2 is 2.00 bits per heavy atom. The Labute approximate surface area is 96.6 Å². The second-order valence-electron chi connectivity index (χ2n) is 3.89. The molecular formula is C13H19NO2. The maximum atomic E-state index is 9.55. The summed E-state index contributed by atoms with van der Waals surface area (Å²) in [6.07, 6.45) is 4.69. The average molecular weight is 221 g/mol. The van der Waals surface area contributed by atoms with Gasteiger partial charge in [-0.15, -0.1) is 0 Å². The van der Waals surface area contributed by atoms with Crippen molar-refractivity contribution < 1.29 is 10.3 Å². The molecule has 0 fully saturated rings. The highest BCUT2D eigenvalue weighted by Crippen LogP contribution is 2.03. The van der Waals surface area contributed by atoms with Crippen LogP contribution in [0.15, 0.2) is 42.6 Å². The van der Waals surface area contributed by atoms with Crippen molar-refractivity contribution in [3.63, 3.8) is 0 Å². The molecule has 1 unspecified atom stereocenters. The second-order valence-corrected chi connectivity index (χ2v) is 3.89. The highest BCUT2D eigenvalue weighted by Gasteiger charge is 1.96. The highest BCUT2D eigenvalue weighted by atomic mass is 16.5. The molecule has 0 amide bonds. The fourth-order valence-electron chi connectivity index (χ4n) is 1.36. The van der Waals surface area contributed by atoms with Crippen LogP contribution in [0.1, 0.15) is 25.3 Å². The van der Waals surface area contributed by atoms with Crippen LogP contribution in [-0.2, 0) is 6.54 Å². The minimum absolute atomic E-state index is 0.286. The van der Waals surface area contributed by atoms with Crippen molar-refractivity contribution in [3.8, 4) is 0 Å². The lowest BCUT2D eigenvalue weighted by molar-refractivity contribution is -0.0493. The standard InChI is InChI=1S/C13H19NO2/c1-12(15)7-5-6-10-14(16)11-13-8-3-2-4-9-13/h2-4,6,8-10,12,15-16H,5,7,11H2,1H3. The fourth-order valence-corrected chi connectivity index (χ4v) is 1.36. The van der Waals surface area contributed by atoms with Crippen molar-refractivity contribution in [2.24, 2.45) is 0 Å². The summed E-state index contributed by atoms with van der Waals surface area (Å²) in [5, 5.41) is 19.7. The lowest BCUT2D eigenvalue weighted by Gasteiger charge is -2.11. The largest absolute Gasteiger partial charge is 0.393 e. The summed E-state index contributed by atoms with van der Waals surface area (Å²) in [6.45, 7) is 2.24. The Balaban J connectivity index is 2.28. The Morgan fingerprint density at radius 1 is 1.31 bits per heavy atom. The topological polar surface area (TPSA) is 43.7 Å². The van der Waals surface area contributed by atoms with Crippen molar-refractivity contribution in [1.29, 1.82) is 0 Å². The molecule has 3 nitrogen and oxygen atoms in total. The molecule has 3 heteroatoms. The van der Waals surface area contributed by atoms with Gasteiger partial charge in [-0.2, -0.15) is 0 Å². The van der Waals surface area contributed by atoms with Gasteiger partial charge in [0.15, 0.2) is 0 Å². The minimum Gasteiger partial charge on any atom is -0.393 e. The van der Waals surface area contributed by atoms with Crippen molar-refractivity contribution in [3.05, 3.63) is 48.2 Å². The normalized spacial score (nSPS) is 12.9. The number of benzene rings is 1. The molecule has 0 radical (unpaired) electrons. The molecule has 16 heavy (non-hydrogen) atoms. The van der Waals surface area contributed by atoms with E-state index in [4.69, 9.17) is 5.11 Å². The van der Waals surface area contributed by atoms with E-state index in [0.29, 0.717) is 6.54 Å². The van der Waals surface area contributed by atoms with E-state index in [0.717, 1.165) is 23.5 Å². The molecule has 1 rings (SSSR count). The molecular weight excluding hydrogens is 202 g/mol. The number of hydroxylamine groups is 2. The Kier molecular flexibility index (Phi) is 5.61. The van der Waals surface area contributed by atoms with Gasteiger partial charge in [0, 0.05) is 6.20 Å². The molecule has 88 valence electrons. The van der Waals surface area contributed by atoms with Crippen LogP contribution in [0.25, 0.3) is 0 Å². The van der Waals surface area contributed by atoms with Crippen LogP contribution in [-0.4, -0.2) is 21.5 Å². The zero-order valence-corrected chi connectivity index (χ0v) is 9.58. The van der Waals surface area contributed by atoms with E-state index < -0.39 is 0 Å². The third-order valence-corrected chi connectivity index (χ3v) is 2.22. The lowest BCUT2D eigenvalue weighted by atomic mass is 10.2. The summed E-state index contributed by atoms with van der Waals surface area (Å²) < 4.78 is 0. The number of hydrogen-bond acceptors (Lipinski definition) is 3. The number of aliphatic hydroxyl groups is 1. The zero-order valence-electron chi connectivity index (χ0n) is 9.58. The van der Waals surface area contributed by atoms with Crippen LogP contribution in [0, 0.1) is 0 Å². The van der Waals surface area contributed by atoms with Gasteiger partial charge in [-0.3, -0.25) is 10.3 Å². The zero-order chi connectivity index (χ0) is 11.8. The molecule has 0 aliphatic heterocycles. The maximum absolute atomic E-state index is 9.55. The number of rotatable bonds is 6. The molecule has 2 N–H and O–H groups in total. The van der Waals surface area contributed by atoms with Gasteiger partial charge in [-0.05, 0) is 25.3 Å². The van der Waals surface area contributed by atoms with E-state index in [2.05, 4.69) is 0 Å². The first-order valence-corrected chi connectivity index (χ1v) is 5.52. The smallest absolute Gasteiger partial charge is 0.0696 e. The molecule has 0 aliphatic carbocycles. The fraction of sp³-hybridized carbons (Fsp3) is 0.385. The van der Waals surface area contributed by atoms with E-state index >= 15 is 0 Å². The van der Waals surface area contributed by atoms with Gasteiger partial charge in [0.25, 0.3) is 0 Å². The highest BCUT2D eigenvalue weighted by molar-refractivity contribution is 5.14. The first-order chi connectivity index (χ1) is 7.68. The Bertz CT molecular complexity index is 309. The molecule has 0 bridgehead atoms. The van der Waals surface area contributed by atoms with E-state index in [-0.39, 0.29) is 6.10 Å². The van der Waals surface area contributed by atoms with Gasteiger partial charge in [0.2, 0.25) is 0 Å². The molecule has 0 aliphatic rings. The minimum atomic E-state index is -0.286. The summed E-state index contributed by atoms with van der Waals surface area (Å²) in [7, 11) is 0. The van der Waals surface area contributed by atoms with E-state index in [1.54, 1.807) is 13.1 Å². The summed E-state index contributed by atoms with van der Waals surface area (Å²) in [6, 6.07) is 9.77. The number of aliphatic hydroxyl groups excluding tert-OH is 1. The second kappa shape index (κ2) is 7.04. The van der Waals surface area contributed by atoms with Crippen molar-refractivity contribution in [2.45, 2.75) is 32.4 Å². The molecule has 0 heterocycles. The van der Waals surface area contributed by atoms with Crippen molar-refractivity contribution >= 4 is 0 Å². The van der Waals surface area contributed by atoms with Crippen molar-refractivity contribution in [2.75, 3.05) is 0 Å². The molecule has 0 aromatic heterocycles. The predicted octanol–water partition coefficient (Wildman–Crippen LogP) is 2.55. The van der Waals surface area contributed by atoms with Gasteiger partial charge >= 0.3 is 0 Å². The SMILES string of the molecule is CC(O)CCC=CN(O)Cc1ccccc1. The van der Waals surface area contributed by atoms with Crippen LogP contribution in [0.5, 0.6) is 0 Å². The number of hydrogen-bond donors (Lipinski definition) is 2. The van der Waals surface area contributed by atoms with Crippen LogP contribution in [0.4, 0.5) is 0 Å². The molecule has 1 aromatic rings. The van der Waals surface area contributed by atoms with E-state index in [1.807, 2.05) is 36.4 Å². The van der Waals surface area contributed by atoms with Gasteiger partial charge in [-0.1, -0.05) is 36.4 Å². The lowest BCUT2D eigenvalue weighted by Crippen LogP contribution is -2.10. The Hall–Kier alpha value is -1.32.